The first-order valence-corrected chi connectivity index (χ1v) is 47.1. The molecule has 18 atom stereocenters. The van der Waals surface area contributed by atoms with Crippen molar-refractivity contribution in [3.05, 3.63) is 0 Å². The van der Waals surface area contributed by atoms with Crippen LogP contribution in [-0.4, -0.2) is 298 Å². The third kappa shape index (κ3) is 40.0. The van der Waals surface area contributed by atoms with Gasteiger partial charge in [0.2, 0.25) is 101 Å². The van der Waals surface area contributed by atoms with Gasteiger partial charge in [-0.2, -0.15) is 35.3 Å². The molecule has 27 N–H and O–H groups in total. The number of rotatable bonds is 63. The fraction of sp³-hybridized carbons (Fsp3) is 0.762. The van der Waals surface area contributed by atoms with E-state index in [0.29, 0.717) is 55.8 Å². The minimum absolute atomic E-state index is 0.00105. The fourth-order valence-electron chi connectivity index (χ4n) is 14.1. The molecule has 2 saturated heterocycles. The van der Waals surface area contributed by atoms with E-state index in [1.165, 1.54) is 47.1 Å². The number of carboxylic acid groups (broad SMARTS) is 1. The number of carboxylic acids is 1. The summed E-state index contributed by atoms with van der Waals surface area (Å²) in [5.74, 6) is -16.3. The van der Waals surface area contributed by atoms with Gasteiger partial charge >= 0.3 is 5.97 Å². The molecule has 0 aliphatic carbocycles. The zero-order valence-electron chi connectivity index (χ0n) is 74.4. The van der Waals surface area contributed by atoms with Crippen molar-refractivity contribution in [1.82, 2.24) is 78.9 Å². The van der Waals surface area contributed by atoms with Gasteiger partial charge in [-0.05, 0) is 189 Å². The average Bonchev–Trinajstić information content (AvgIpc) is 1.71. The second-order valence-electron chi connectivity index (χ2n) is 32.5. The molecule has 0 aromatic heterocycles. The number of guanidine groups is 1. The highest BCUT2D eigenvalue weighted by Crippen LogP contribution is 2.24. The molecule has 0 unspecified atom stereocenters. The molecular weight excluding hydrogens is 1690 g/mol. The molecule has 2 aliphatic heterocycles. The number of nitrogens with two attached hydrogens (primary N) is 6. The first-order valence-electron chi connectivity index (χ1n) is 43.0. The number of aliphatic hydroxyl groups is 1. The van der Waals surface area contributed by atoms with Crippen molar-refractivity contribution in [3.63, 3.8) is 0 Å². The molecular formula is C80H142N22O20S3. The van der Waals surface area contributed by atoms with Gasteiger partial charge < -0.3 is 124 Å². The molecule has 2 heterocycles. The molecule has 2 fully saturated rings. The van der Waals surface area contributed by atoms with Gasteiger partial charge in [-0.1, -0.05) is 68.2 Å². The zero-order valence-corrected chi connectivity index (χ0v) is 76.9. The lowest BCUT2D eigenvalue weighted by molar-refractivity contribution is -0.144. The maximum absolute atomic E-state index is 14.9. The minimum Gasteiger partial charge on any atom is -0.480 e. The summed E-state index contributed by atoms with van der Waals surface area (Å²) in [4.78, 5) is 256. The van der Waals surface area contributed by atoms with Gasteiger partial charge in [0, 0.05) is 19.6 Å². The number of hydrogen-bond donors (Lipinski definition) is 21. The quantitative estimate of drug-likeness (QED) is 0.0119. The monoisotopic (exact) mass is 1830 g/mol. The van der Waals surface area contributed by atoms with Gasteiger partial charge in [0.15, 0.2) is 5.96 Å². The summed E-state index contributed by atoms with van der Waals surface area (Å²) >= 11 is 4.11. The largest absolute Gasteiger partial charge is 0.480 e. The van der Waals surface area contributed by atoms with Crippen LogP contribution in [0.15, 0.2) is 4.99 Å². The van der Waals surface area contributed by atoms with Crippen molar-refractivity contribution >= 4 is 148 Å². The lowest BCUT2D eigenvalue weighted by atomic mass is 9.96. The Morgan fingerprint density at radius 1 is 0.416 bits per heavy atom. The summed E-state index contributed by atoms with van der Waals surface area (Å²) in [6.07, 6.45) is 5.53. The molecule has 2 rings (SSSR count). The lowest BCUT2D eigenvalue weighted by Crippen LogP contribution is -2.62. The van der Waals surface area contributed by atoms with E-state index in [2.05, 4.69) is 74.1 Å². The number of thioether (sulfide) groups is 3. The number of unbranched alkanes of at least 4 members (excludes halogenated alkanes) is 2. The second kappa shape index (κ2) is 59.6. The van der Waals surface area contributed by atoms with Crippen LogP contribution in [-0.2, 0) is 86.3 Å². The van der Waals surface area contributed by atoms with E-state index in [-0.39, 0.29) is 140 Å². The van der Waals surface area contributed by atoms with Crippen molar-refractivity contribution in [2.24, 2.45) is 63.1 Å². The van der Waals surface area contributed by atoms with Crippen LogP contribution in [0.1, 0.15) is 197 Å². The Balaban J connectivity index is 2.54. The summed E-state index contributed by atoms with van der Waals surface area (Å²) < 4.78 is 0. The number of primary amides is 2. The molecule has 0 aromatic rings. The maximum atomic E-state index is 14.9. The molecule has 2 aliphatic rings. The van der Waals surface area contributed by atoms with Crippen LogP contribution in [0, 0.1) is 23.7 Å². The highest BCUT2D eigenvalue weighted by Gasteiger charge is 2.45. The summed E-state index contributed by atoms with van der Waals surface area (Å²) in [7, 11) is 0. The zero-order chi connectivity index (χ0) is 94.3. The first-order chi connectivity index (χ1) is 59.1. The van der Waals surface area contributed by atoms with E-state index >= 15 is 0 Å². The van der Waals surface area contributed by atoms with Crippen molar-refractivity contribution < 1.29 is 96.5 Å². The topological polar surface area (TPSA) is 679 Å². The number of aliphatic carboxylic acids is 1. The van der Waals surface area contributed by atoms with Crippen molar-refractivity contribution in [2.75, 3.05) is 68.7 Å². The summed E-state index contributed by atoms with van der Waals surface area (Å²) in [6, 6.07) is -20.8. The maximum Gasteiger partial charge on any atom is 0.326 e. The van der Waals surface area contributed by atoms with E-state index in [1.807, 2.05) is 0 Å². The number of likely N-dealkylation sites (tertiary alicyclic amines) is 2. The number of carbonyl (C=O) groups is 18. The highest BCUT2D eigenvalue weighted by molar-refractivity contribution is 7.99. The molecule has 0 spiro atoms. The van der Waals surface area contributed by atoms with Crippen LogP contribution in [0.4, 0.5) is 0 Å². The number of nitrogens with zero attached hydrogens (tertiary/aromatic N) is 3. The molecule has 125 heavy (non-hydrogen) atoms. The summed E-state index contributed by atoms with van der Waals surface area (Å²) in [5.41, 5.74) is 34.0. The Morgan fingerprint density at radius 3 is 1.13 bits per heavy atom. The molecule has 0 saturated carbocycles. The molecule has 710 valence electrons. The number of hydrogen-bond acceptors (Lipinski definition) is 25. The van der Waals surface area contributed by atoms with Crippen molar-refractivity contribution in [2.45, 2.75) is 294 Å². The predicted octanol–water partition coefficient (Wildman–Crippen LogP) is -4.13. The van der Waals surface area contributed by atoms with Crippen molar-refractivity contribution in [1.29, 1.82) is 0 Å². The third-order valence-corrected chi connectivity index (χ3v) is 23.4. The molecule has 0 bridgehead atoms. The number of aliphatic imine (C=N–C) groups is 1. The normalized spacial score (nSPS) is 17.6. The van der Waals surface area contributed by atoms with Crippen LogP contribution in [0.2, 0.25) is 0 Å². The molecule has 45 heteroatoms. The van der Waals surface area contributed by atoms with Crippen LogP contribution >= 0.6 is 35.3 Å². The van der Waals surface area contributed by atoms with E-state index in [9.17, 15) is 96.5 Å². The minimum atomic E-state index is -1.74. The number of carbonyl (C=O) groups excluding carboxylic acids is 17. The van der Waals surface area contributed by atoms with Crippen molar-refractivity contribution in [3.8, 4) is 0 Å². The van der Waals surface area contributed by atoms with E-state index in [1.54, 1.807) is 74.2 Å². The Kier molecular flexibility index (Phi) is 53.3. The smallest absolute Gasteiger partial charge is 0.326 e. The van der Waals surface area contributed by atoms with E-state index < -0.39 is 222 Å². The van der Waals surface area contributed by atoms with Crippen LogP contribution in [0.3, 0.4) is 0 Å². The molecule has 17 amide bonds. The molecule has 42 nitrogen and oxygen atoms in total. The standard InChI is InChI=1S/C80H142N22O20S3/c1-13-45(7)62(98-70(112)50(23-16-18-31-82)90-66(108)51(24-19-32-87-80(85)86)91-69(111)53(29-37-125-12)93-73(115)59-26-21-34-102(59)78(120)64(47(9)104)100-65(107)48(88-42-103)27-35-123-10)75(117)96-56(40-60(83)105)77(119)101-33-20-25-58(101)74(116)95-54(38-43(3)4)71(113)92-52(28-36-124-11)68(110)89-49(22-15-17-30-81)67(109)94-55(39-44(5)6)72(114)99-63(46(8)14-2)76(118)97-57(79(121)122)41-61(84)106/h42-59,62-64,104H,13-41,81-82H2,1-12H3,(H2,83,105)(H2,84,106)(H,88,103)(H,89,110)(H,90,108)(H,91,111)(H,92,113)(H,93,115)(H,94,109)(H,95,116)(H,96,117)(H,97,118)(H,98,112)(H,99,114)(H,100,107)(H,121,122)(H4,85,86,87)/t45-,46-,47+,48-,49-,50-,51-,52-,53-,54-,55-,56-,57-,58-,59-,62-,63-,64-/m0/s1. The Morgan fingerprint density at radius 2 is 0.744 bits per heavy atom. The number of amides is 17. The lowest BCUT2D eigenvalue weighted by Gasteiger charge is -2.32. The third-order valence-electron chi connectivity index (χ3n) is 21.5. The van der Waals surface area contributed by atoms with Gasteiger partial charge in [0.1, 0.15) is 90.6 Å². The first kappa shape index (κ1) is 112. The Hall–Kier alpha value is -9.34. The van der Waals surface area contributed by atoms with Crippen LogP contribution < -0.4 is 104 Å². The highest BCUT2D eigenvalue weighted by atomic mass is 32.2. The Labute approximate surface area is 745 Å². The summed E-state index contributed by atoms with van der Waals surface area (Å²) in [5, 5.41) is 54.9. The second-order valence-corrected chi connectivity index (χ2v) is 35.5. The average molecular weight is 1830 g/mol. The predicted molar refractivity (Wildman–Crippen MR) is 475 cm³/mol. The van der Waals surface area contributed by atoms with Gasteiger partial charge in [-0.25, -0.2) is 4.79 Å². The number of nitrogens with one attached hydrogen (secondary N) is 13. The number of aliphatic hydroxyl groups excluding tert-OH is 1. The Bertz CT molecular complexity index is 3590. The van der Waals surface area contributed by atoms with E-state index in [0.717, 1.165) is 4.90 Å². The van der Waals surface area contributed by atoms with Crippen LogP contribution in [0.25, 0.3) is 0 Å². The van der Waals surface area contributed by atoms with Gasteiger partial charge in [0.25, 0.3) is 0 Å². The molecule has 0 aromatic carbocycles. The van der Waals surface area contributed by atoms with E-state index in [4.69, 9.17) is 34.4 Å². The fourth-order valence-corrected chi connectivity index (χ4v) is 15.5. The summed E-state index contributed by atoms with van der Waals surface area (Å²) in [6.45, 7) is 15.4. The van der Waals surface area contributed by atoms with Gasteiger partial charge in [-0.15, -0.1) is 0 Å². The van der Waals surface area contributed by atoms with Gasteiger partial charge in [0.05, 0.1) is 18.9 Å². The SMILES string of the molecule is CC[C@H](C)[C@H](NC(=O)[C@H](CC(C)C)NC(=O)[C@H](CCCCN)NC(=O)[C@H](CCSC)NC(=O)[C@H](CC(C)C)NC(=O)[C@@H]1CCCN1C(=O)[C@H](CC(N)=O)NC(=O)[C@@H](NC(=O)[C@H](CCCCN)NC(=O)[C@H](CCCN=C(N)N)NC(=O)[C@H](CCSC)NC(=O)[C@@H]1CCCN1C(=O)[C@@H](NC(=O)[C@H](CCSC)NC=O)[C@@H](C)O)[C@@H](C)CC)C(=O)N[C@@H](CC(N)=O)C(=O)O. The van der Waals surface area contributed by atoms with Gasteiger partial charge in [-0.3, -0.25) is 86.5 Å². The molecule has 0 radical (unpaired) electrons. The van der Waals surface area contributed by atoms with Crippen LogP contribution in [0.5, 0.6) is 0 Å².